The van der Waals surface area contributed by atoms with Gasteiger partial charge in [-0.25, -0.2) is 0 Å². The summed E-state index contributed by atoms with van der Waals surface area (Å²) in [6.07, 6.45) is 2.08. The van der Waals surface area contributed by atoms with Crippen molar-refractivity contribution in [1.29, 1.82) is 0 Å². The van der Waals surface area contributed by atoms with E-state index in [2.05, 4.69) is 32.7 Å². The van der Waals surface area contributed by atoms with Gasteiger partial charge in [0.1, 0.15) is 0 Å². The van der Waals surface area contributed by atoms with E-state index in [1.807, 2.05) is 7.05 Å². The number of amides is 1. The van der Waals surface area contributed by atoms with Crippen LogP contribution in [-0.2, 0) is 4.79 Å². The molecule has 0 aromatic carbocycles. The van der Waals surface area contributed by atoms with E-state index in [4.69, 9.17) is 4.42 Å². The molecule has 2 heterocycles. The molecule has 1 aliphatic heterocycles. The van der Waals surface area contributed by atoms with Crippen molar-refractivity contribution in [3.05, 3.63) is 5.89 Å². The SMILES string of the molecule is CNC1(C)CCN(CC(=O)Nc2nnc(C)o2)CC1. The number of rotatable bonds is 4. The predicted octanol–water partition coefficient (Wildman–Crippen LogP) is 0.390. The van der Waals surface area contributed by atoms with Crippen molar-refractivity contribution in [2.45, 2.75) is 32.2 Å². The lowest BCUT2D eigenvalue weighted by molar-refractivity contribution is -0.117. The number of piperidine rings is 1. The molecule has 1 amide bonds. The Hall–Kier alpha value is -1.47. The summed E-state index contributed by atoms with van der Waals surface area (Å²) in [5.41, 5.74) is 0.191. The summed E-state index contributed by atoms with van der Waals surface area (Å²) in [5.74, 6) is 0.328. The standard InChI is InChI=1S/C12H21N5O2/c1-9-15-16-11(19-9)14-10(18)8-17-6-4-12(2,13-3)5-7-17/h13H,4-8H2,1-3H3,(H,14,16,18). The Morgan fingerprint density at radius 3 is 2.63 bits per heavy atom. The number of carbonyl (C=O) groups excluding carboxylic acids is 1. The molecule has 1 aromatic rings. The van der Waals surface area contributed by atoms with Crippen LogP contribution in [-0.4, -0.2) is 53.2 Å². The fourth-order valence-electron chi connectivity index (χ4n) is 2.16. The van der Waals surface area contributed by atoms with Gasteiger partial charge in [-0.2, -0.15) is 0 Å². The maximum Gasteiger partial charge on any atom is 0.322 e. The first-order valence-corrected chi connectivity index (χ1v) is 6.52. The number of aryl methyl sites for hydroxylation is 1. The number of anilines is 1. The highest BCUT2D eigenvalue weighted by molar-refractivity contribution is 5.90. The first kappa shape index (κ1) is 14.0. The summed E-state index contributed by atoms with van der Waals surface area (Å²) in [6, 6.07) is 0.166. The molecular formula is C12H21N5O2. The van der Waals surface area contributed by atoms with Crippen LogP contribution < -0.4 is 10.6 Å². The van der Waals surface area contributed by atoms with Crippen LogP contribution in [0.4, 0.5) is 6.01 Å². The summed E-state index contributed by atoms with van der Waals surface area (Å²) in [7, 11) is 1.99. The Balaban J connectivity index is 1.78. The molecule has 0 bridgehead atoms. The van der Waals surface area contributed by atoms with Crippen LogP contribution in [0.2, 0.25) is 0 Å². The van der Waals surface area contributed by atoms with Gasteiger partial charge in [0.25, 0.3) is 0 Å². The third kappa shape index (κ3) is 3.74. The summed E-state index contributed by atoms with van der Waals surface area (Å²) in [6.45, 7) is 6.08. The van der Waals surface area contributed by atoms with Crippen LogP contribution in [0.25, 0.3) is 0 Å². The van der Waals surface area contributed by atoms with Crippen LogP contribution in [0.1, 0.15) is 25.7 Å². The van der Waals surface area contributed by atoms with E-state index in [0.29, 0.717) is 12.4 Å². The molecule has 1 saturated heterocycles. The highest BCUT2D eigenvalue weighted by atomic mass is 16.4. The van der Waals surface area contributed by atoms with Crippen LogP contribution >= 0.6 is 0 Å². The number of hydrogen-bond acceptors (Lipinski definition) is 6. The van der Waals surface area contributed by atoms with E-state index >= 15 is 0 Å². The van der Waals surface area contributed by atoms with Crippen molar-refractivity contribution in [3.63, 3.8) is 0 Å². The number of likely N-dealkylation sites (tertiary alicyclic amines) is 1. The van der Waals surface area contributed by atoms with Crippen molar-refractivity contribution < 1.29 is 9.21 Å². The molecule has 1 fully saturated rings. The summed E-state index contributed by atoms with van der Waals surface area (Å²) < 4.78 is 5.11. The van der Waals surface area contributed by atoms with Crippen molar-refractivity contribution in [2.75, 3.05) is 32.0 Å². The molecule has 7 heteroatoms. The number of aromatic nitrogens is 2. The quantitative estimate of drug-likeness (QED) is 0.821. The maximum atomic E-state index is 11.8. The average Bonchev–Trinajstić information content (AvgIpc) is 2.78. The highest BCUT2D eigenvalue weighted by Gasteiger charge is 2.28. The Morgan fingerprint density at radius 2 is 2.11 bits per heavy atom. The van der Waals surface area contributed by atoms with Gasteiger partial charge >= 0.3 is 6.01 Å². The molecule has 1 aliphatic rings. The number of nitrogens with one attached hydrogen (secondary N) is 2. The topological polar surface area (TPSA) is 83.3 Å². The minimum atomic E-state index is -0.114. The van der Waals surface area contributed by atoms with Crippen molar-refractivity contribution in [1.82, 2.24) is 20.4 Å². The van der Waals surface area contributed by atoms with E-state index in [1.54, 1.807) is 6.92 Å². The molecule has 0 atom stereocenters. The van der Waals surface area contributed by atoms with Gasteiger partial charge in [-0.3, -0.25) is 15.0 Å². The van der Waals surface area contributed by atoms with Gasteiger partial charge in [-0.05, 0) is 26.8 Å². The Bertz CT molecular complexity index is 437. The van der Waals surface area contributed by atoms with E-state index in [1.165, 1.54) is 0 Å². The molecule has 1 aromatic heterocycles. The smallest absolute Gasteiger partial charge is 0.322 e. The zero-order chi connectivity index (χ0) is 13.9. The fourth-order valence-corrected chi connectivity index (χ4v) is 2.16. The molecule has 106 valence electrons. The molecule has 19 heavy (non-hydrogen) atoms. The lowest BCUT2D eigenvalue weighted by Gasteiger charge is -2.38. The maximum absolute atomic E-state index is 11.8. The van der Waals surface area contributed by atoms with Crippen molar-refractivity contribution in [3.8, 4) is 0 Å². The molecule has 0 saturated carbocycles. The van der Waals surface area contributed by atoms with Crippen LogP contribution in [0, 0.1) is 6.92 Å². The van der Waals surface area contributed by atoms with E-state index < -0.39 is 0 Å². The largest absolute Gasteiger partial charge is 0.408 e. The monoisotopic (exact) mass is 267 g/mol. The fraction of sp³-hybridized carbons (Fsp3) is 0.750. The summed E-state index contributed by atoms with van der Waals surface area (Å²) in [4.78, 5) is 14.0. The zero-order valence-electron chi connectivity index (χ0n) is 11.7. The lowest BCUT2D eigenvalue weighted by Crippen LogP contribution is -2.51. The minimum Gasteiger partial charge on any atom is -0.408 e. The van der Waals surface area contributed by atoms with Crippen LogP contribution in [0.5, 0.6) is 0 Å². The summed E-state index contributed by atoms with van der Waals surface area (Å²) >= 11 is 0. The van der Waals surface area contributed by atoms with E-state index in [-0.39, 0.29) is 17.5 Å². The van der Waals surface area contributed by atoms with E-state index in [0.717, 1.165) is 25.9 Å². The first-order valence-electron chi connectivity index (χ1n) is 6.52. The number of carbonyl (C=O) groups is 1. The molecule has 0 spiro atoms. The minimum absolute atomic E-state index is 0.114. The molecule has 0 aliphatic carbocycles. The number of hydrogen-bond donors (Lipinski definition) is 2. The molecular weight excluding hydrogens is 246 g/mol. The number of nitrogens with zero attached hydrogens (tertiary/aromatic N) is 3. The van der Waals surface area contributed by atoms with Crippen molar-refractivity contribution >= 4 is 11.9 Å². The summed E-state index contributed by atoms with van der Waals surface area (Å²) in [5, 5.41) is 13.3. The second-order valence-electron chi connectivity index (χ2n) is 5.26. The van der Waals surface area contributed by atoms with Gasteiger partial charge in [-0.1, -0.05) is 5.10 Å². The highest BCUT2D eigenvalue weighted by Crippen LogP contribution is 2.20. The Labute approximate surface area is 112 Å². The molecule has 7 nitrogen and oxygen atoms in total. The lowest BCUT2D eigenvalue weighted by atomic mass is 9.90. The second-order valence-corrected chi connectivity index (χ2v) is 5.26. The van der Waals surface area contributed by atoms with Gasteiger partial charge in [0.05, 0.1) is 6.54 Å². The van der Waals surface area contributed by atoms with Gasteiger partial charge in [-0.15, -0.1) is 5.10 Å². The predicted molar refractivity (Wildman–Crippen MR) is 70.8 cm³/mol. The Morgan fingerprint density at radius 1 is 1.42 bits per heavy atom. The van der Waals surface area contributed by atoms with Gasteiger partial charge in [0, 0.05) is 25.6 Å². The molecule has 2 rings (SSSR count). The zero-order valence-corrected chi connectivity index (χ0v) is 11.7. The molecule has 2 N–H and O–H groups in total. The molecule has 0 radical (unpaired) electrons. The third-order valence-electron chi connectivity index (χ3n) is 3.70. The molecule has 0 unspecified atom stereocenters. The van der Waals surface area contributed by atoms with Crippen LogP contribution in [0.3, 0.4) is 0 Å². The third-order valence-corrected chi connectivity index (χ3v) is 3.70. The average molecular weight is 267 g/mol. The van der Waals surface area contributed by atoms with Gasteiger partial charge < -0.3 is 9.73 Å². The second kappa shape index (κ2) is 5.66. The van der Waals surface area contributed by atoms with Crippen molar-refractivity contribution in [2.24, 2.45) is 0 Å². The van der Waals surface area contributed by atoms with E-state index in [9.17, 15) is 4.79 Å². The van der Waals surface area contributed by atoms with Gasteiger partial charge in [0.15, 0.2) is 0 Å². The van der Waals surface area contributed by atoms with Crippen LogP contribution in [0.15, 0.2) is 4.42 Å². The Kier molecular flexibility index (Phi) is 4.16. The normalized spacial score (nSPS) is 19.3. The first-order chi connectivity index (χ1) is 9.00. The van der Waals surface area contributed by atoms with Gasteiger partial charge in [0.2, 0.25) is 11.8 Å².